The molecule has 0 unspecified atom stereocenters. The first-order chi connectivity index (χ1) is 12.2. The maximum atomic E-state index is 12.5. The second kappa shape index (κ2) is 8.54. The van der Waals surface area contributed by atoms with Crippen molar-refractivity contribution in [3.8, 4) is 5.75 Å². The van der Waals surface area contributed by atoms with Crippen molar-refractivity contribution in [3.05, 3.63) is 53.1 Å². The van der Waals surface area contributed by atoms with Crippen molar-refractivity contribution in [2.24, 2.45) is 5.41 Å². The van der Waals surface area contributed by atoms with E-state index in [0.29, 0.717) is 12.0 Å². The summed E-state index contributed by atoms with van der Waals surface area (Å²) in [5, 5.41) is 20.0. The lowest BCUT2D eigenvalue weighted by Gasteiger charge is -2.29. The van der Waals surface area contributed by atoms with Crippen molar-refractivity contribution in [1.29, 1.82) is 0 Å². The summed E-state index contributed by atoms with van der Waals surface area (Å²) in [6.45, 7) is 8.13. The first-order valence-corrected chi connectivity index (χ1v) is 9.21. The quantitative estimate of drug-likeness (QED) is 0.590. The molecule has 142 valence electrons. The Labute approximate surface area is 156 Å². The third-order valence-corrected chi connectivity index (χ3v) is 5.15. The number of ether oxygens (including phenoxy) is 1. The first kappa shape index (κ1) is 20.2. The Morgan fingerprint density at radius 3 is 2.50 bits per heavy atom. The SMILES string of the molecule is C/C1=C/C[C@H](OC(=O)c2ccc(O)cc2)/C(C)=C/[C@H](O)C(C)(C)CCC1. The van der Waals surface area contributed by atoms with Gasteiger partial charge in [0.2, 0.25) is 0 Å². The molecular weight excluding hydrogens is 328 g/mol. The van der Waals surface area contributed by atoms with E-state index in [9.17, 15) is 15.0 Å². The number of aromatic hydroxyl groups is 1. The summed E-state index contributed by atoms with van der Waals surface area (Å²) in [6.07, 6.45) is 6.46. The molecule has 0 saturated carbocycles. The average Bonchev–Trinajstić information content (AvgIpc) is 2.59. The highest BCUT2D eigenvalue weighted by atomic mass is 16.5. The van der Waals surface area contributed by atoms with E-state index < -0.39 is 18.2 Å². The highest BCUT2D eigenvalue weighted by molar-refractivity contribution is 5.89. The lowest BCUT2D eigenvalue weighted by atomic mass is 9.80. The van der Waals surface area contributed by atoms with Crippen LogP contribution in [0.1, 0.15) is 63.7 Å². The summed E-state index contributed by atoms with van der Waals surface area (Å²) in [6, 6.07) is 6.02. The van der Waals surface area contributed by atoms with Crippen LogP contribution in [0.2, 0.25) is 0 Å². The van der Waals surface area contributed by atoms with Crippen molar-refractivity contribution in [2.45, 2.75) is 65.6 Å². The van der Waals surface area contributed by atoms with Crippen LogP contribution in [0.3, 0.4) is 0 Å². The zero-order chi connectivity index (χ0) is 19.3. The predicted octanol–water partition coefficient (Wildman–Crippen LogP) is 4.77. The van der Waals surface area contributed by atoms with Gasteiger partial charge in [-0.05, 0) is 68.4 Å². The number of phenolic OH excluding ortho intramolecular Hbond substituents is 1. The lowest BCUT2D eigenvalue weighted by molar-refractivity contribution is 0.0368. The molecule has 1 aliphatic carbocycles. The van der Waals surface area contributed by atoms with E-state index in [1.54, 1.807) is 12.1 Å². The second-order valence-electron chi connectivity index (χ2n) is 7.92. The zero-order valence-electron chi connectivity index (χ0n) is 16.2. The number of benzene rings is 1. The topological polar surface area (TPSA) is 66.8 Å². The smallest absolute Gasteiger partial charge is 0.338 e. The number of aliphatic hydroxyl groups is 1. The fraction of sp³-hybridized carbons (Fsp3) is 0.500. The number of hydrogen-bond donors (Lipinski definition) is 2. The van der Waals surface area contributed by atoms with Gasteiger partial charge < -0.3 is 14.9 Å². The van der Waals surface area contributed by atoms with E-state index in [2.05, 4.69) is 26.8 Å². The minimum atomic E-state index is -0.587. The van der Waals surface area contributed by atoms with E-state index in [1.807, 2.05) is 13.0 Å². The van der Waals surface area contributed by atoms with Crippen LogP contribution in [0.5, 0.6) is 5.75 Å². The molecule has 0 aliphatic heterocycles. The van der Waals surface area contributed by atoms with Gasteiger partial charge >= 0.3 is 5.97 Å². The average molecular weight is 358 g/mol. The van der Waals surface area contributed by atoms with Crippen LogP contribution in [0.15, 0.2) is 47.6 Å². The molecular formula is C22H30O4. The number of phenols is 1. The molecule has 0 spiro atoms. The van der Waals surface area contributed by atoms with E-state index >= 15 is 0 Å². The number of esters is 1. The molecule has 4 heteroatoms. The molecule has 0 heterocycles. The molecule has 0 radical (unpaired) electrons. The third-order valence-electron chi connectivity index (χ3n) is 5.15. The molecule has 1 aliphatic rings. The number of rotatable bonds is 2. The Morgan fingerprint density at radius 2 is 1.85 bits per heavy atom. The number of carbonyl (C=O) groups excluding carboxylic acids is 1. The normalized spacial score (nSPS) is 28.0. The lowest BCUT2D eigenvalue weighted by Crippen LogP contribution is -2.29. The Morgan fingerprint density at radius 1 is 1.19 bits per heavy atom. The molecule has 0 bridgehead atoms. The van der Waals surface area contributed by atoms with Crippen molar-refractivity contribution in [3.63, 3.8) is 0 Å². The Bertz CT molecular complexity index is 683. The highest BCUT2D eigenvalue weighted by Crippen LogP contribution is 2.31. The Balaban J connectivity index is 2.25. The number of aliphatic hydroxyl groups excluding tert-OH is 1. The van der Waals surface area contributed by atoms with Crippen LogP contribution in [0, 0.1) is 5.41 Å². The predicted molar refractivity (Wildman–Crippen MR) is 103 cm³/mol. The largest absolute Gasteiger partial charge is 0.508 e. The summed E-state index contributed by atoms with van der Waals surface area (Å²) in [5.74, 6) is -0.325. The Kier molecular flexibility index (Phi) is 6.65. The molecule has 0 aromatic heterocycles. The van der Waals surface area contributed by atoms with Gasteiger partial charge in [-0.2, -0.15) is 0 Å². The van der Waals surface area contributed by atoms with Gasteiger partial charge in [0, 0.05) is 6.42 Å². The third kappa shape index (κ3) is 5.46. The molecule has 26 heavy (non-hydrogen) atoms. The number of carbonyl (C=O) groups is 1. The van der Waals surface area contributed by atoms with E-state index in [4.69, 9.17) is 4.74 Å². The van der Waals surface area contributed by atoms with Gasteiger partial charge in [-0.3, -0.25) is 0 Å². The number of hydrogen-bond acceptors (Lipinski definition) is 4. The van der Waals surface area contributed by atoms with Crippen LogP contribution in [0.4, 0.5) is 0 Å². The molecule has 2 atom stereocenters. The van der Waals surface area contributed by atoms with E-state index in [-0.39, 0.29) is 11.2 Å². The zero-order valence-corrected chi connectivity index (χ0v) is 16.2. The van der Waals surface area contributed by atoms with Crippen LogP contribution in [-0.2, 0) is 4.74 Å². The van der Waals surface area contributed by atoms with Crippen molar-refractivity contribution >= 4 is 5.97 Å². The monoisotopic (exact) mass is 358 g/mol. The van der Waals surface area contributed by atoms with E-state index in [1.165, 1.54) is 17.7 Å². The van der Waals surface area contributed by atoms with Gasteiger partial charge in [-0.15, -0.1) is 0 Å². The summed E-state index contributed by atoms with van der Waals surface area (Å²) in [7, 11) is 0. The molecule has 4 nitrogen and oxygen atoms in total. The van der Waals surface area contributed by atoms with Crippen LogP contribution >= 0.6 is 0 Å². The summed E-state index contributed by atoms with van der Waals surface area (Å²) in [5.41, 5.74) is 2.29. The molecule has 1 aromatic rings. The van der Waals surface area contributed by atoms with Crippen LogP contribution in [-0.4, -0.2) is 28.4 Å². The molecule has 2 rings (SSSR count). The van der Waals surface area contributed by atoms with Crippen molar-refractivity contribution in [1.82, 2.24) is 0 Å². The summed E-state index contributed by atoms with van der Waals surface area (Å²) >= 11 is 0. The molecule has 1 aromatic carbocycles. The number of allylic oxidation sites excluding steroid dienone is 1. The summed E-state index contributed by atoms with van der Waals surface area (Å²) in [4.78, 5) is 12.5. The second-order valence-corrected chi connectivity index (χ2v) is 7.92. The van der Waals surface area contributed by atoms with Gasteiger partial charge in [0.15, 0.2) is 0 Å². The Hall–Kier alpha value is -2.07. The minimum Gasteiger partial charge on any atom is -0.508 e. The van der Waals surface area contributed by atoms with Gasteiger partial charge in [-0.25, -0.2) is 4.79 Å². The van der Waals surface area contributed by atoms with Crippen LogP contribution < -0.4 is 0 Å². The van der Waals surface area contributed by atoms with Gasteiger partial charge in [-0.1, -0.05) is 31.6 Å². The standard InChI is InChI=1S/C22H30O4/c1-15-6-5-13-22(3,4)20(24)14-16(2)19(12-7-15)26-21(25)17-8-10-18(23)11-9-17/h7-11,14,19-20,23-24H,5-6,12-13H2,1-4H3/b15-7-,16-14+/t19-,20-/m0/s1. The van der Waals surface area contributed by atoms with Crippen molar-refractivity contribution in [2.75, 3.05) is 0 Å². The first-order valence-electron chi connectivity index (χ1n) is 9.21. The van der Waals surface area contributed by atoms with Gasteiger partial charge in [0.05, 0.1) is 11.7 Å². The van der Waals surface area contributed by atoms with Gasteiger partial charge in [0.25, 0.3) is 0 Å². The highest BCUT2D eigenvalue weighted by Gasteiger charge is 2.28. The maximum Gasteiger partial charge on any atom is 0.338 e. The molecule has 0 amide bonds. The minimum absolute atomic E-state index is 0.108. The maximum absolute atomic E-state index is 12.5. The van der Waals surface area contributed by atoms with Gasteiger partial charge in [0.1, 0.15) is 11.9 Å². The molecule has 0 saturated heterocycles. The summed E-state index contributed by atoms with van der Waals surface area (Å²) < 4.78 is 5.72. The van der Waals surface area contributed by atoms with E-state index in [0.717, 1.165) is 24.8 Å². The fourth-order valence-electron chi connectivity index (χ4n) is 3.08. The van der Waals surface area contributed by atoms with Crippen LogP contribution in [0.25, 0.3) is 0 Å². The van der Waals surface area contributed by atoms with Crippen molar-refractivity contribution < 1.29 is 19.7 Å². The molecule has 2 N–H and O–H groups in total. The fourth-order valence-corrected chi connectivity index (χ4v) is 3.08. The molecule has 0 fully saturated rings.